The van der Waals surface area contributed by atoms with E-state index in [2.05, 4.69) is 4.72 Å². The van der Waals surface area contributed by atoms with Gasteiger partial charge >= 0.3 is 0 Å². The summed E-state index contributed by atoms with van der Waals surface area (Å²) in [6, 6.07) is 0. The maximum absolute atomic E-state index is 11.1. The van der Waals surface area contributed by atoms with Crippen LogP contribution in [0.4, 0.5) is 0 Å². The summed E-state index contributed by atoms with van der Waals surface area (Å²) in [7, 11) is -0.887. The molecule has 3 heteroatoms. The van der Waals surface area contributed by atoms with Crippen LogP contribution < -0.4 is 4.72 Å². The van der Waals surface area contributed by atoms with Crippen molar-refractivity contribution in [3.8, 4) is 0 Å². The minimum atomic E-state index is -0.887. The van der Waals surface area contributed by atoms with Gasteiger partial charge < -0.3 is 0 Å². The molecule has 0 bridgehead atoms. The monoisotopic (exact) mass is 149 g/mol. The summed E-state index contributed by atoms with van der Waals surface area (Å²) in [6.07, 6.45) is 0. The van der Waals surface area contributed by atoms with Gasteiger partial charge in [0.05, 0.1) is 15.7 Å². The molecule has 0 aromatic carbocycles. The van der Waals surface area contributed by atoms with E-state index in [0.29, 0.717) is 0 Å². The minimum absolute atomic E-state index is 0.129. The Morgan fingerprint density at radius 2 is 1.89 bits per heavy atom. The van der Waals surface area contributed by atoms with Crippen LogP contribution in [0.1, 0.15) is 27.7 Å². The average molecular weight is 149 g/mol. The molecule has 0 saturated carbocycles. The highest BCUT2D eigenvalue weighted by Gasteiger charge is 2.17. The highest BCUT2D eigenvalue weighted by molar-refractivity contribution is 7.84. The third-order valence-electron chi connectivity index (χ3n) is 0.832. The molecule has 0 rings (SSSR count). The van der Waals surface area contributed by atoms with E-state index in [1.165, 1.54) is 0 Å². The molecule has 0 aromatic heterocycles. The molecule has 9 heavy (non-hydrogen) atoms. The summed E-state index contributed by atoms with van der Waals surface area (Å²) in [6.45, 7) is 8.57. The van der Waals surface area contributed by atoms with E-state index in [-0.39, 0.29) is 4.75 Å². The second kappa shape index (κ2) is 3.32. The van der Waals surface area contributed by atoms with Gasteiger partial charge in [-0.25, -0.2) is 8.93 Å². The van der Waals surface area contributed by atoms with E-state index < -0.39 is 11.0 Å². The van der Waals surface area contributed by atoms with Gasteiger partial charge in [0.15, 0.2) is 0 Å². The molecule has 1 atom stereocenters. The number of hydrogen-bond acceptors (Lipinski definition) is 1. The lowest BCUT2D eigenvalue weighted by molar-refractivity contribution is 0.637. The Balaban J connectivity index is 3.74. The highest BCUT2D eigenvalue weighted by Crippen LogP contribution is 2.07. The first-order valence-corrected chi connectivity index (χ1v) is 4.29. The zero-order valence-electron chi connectivity index (χ0n) is 6.52. The Kier molecular flexibility index (Phi) is 3.36. The third kappa shape index (κ3) is 3.65. The largest absolute Gasteiger partial charge is 0.242 e. The van der Waals surface area contributed by atoms with Crippen LogP contribution in [0.25, 0.3) is 0 Å². The van der Waals surface area contributed by atoms with E-state index in [1.807, 2.05) is 27.7 Å². The number of hydrogen-bond donors (Lipinski definition) is 1. The minimum Gasteiger partial charge on any atom is -0.242 e. The van der Waals surface area contributed by atoms with Gasteiger partial charge in [0.2, 0.25) is 0 Å². The summed E-state index contributed by atoms with van der Waals surface area (Å²) in [5.74, 6) is 0. The summed E-state index contributed by atoms with van der Waals surface area (Å²) < 4.78 is 13.8. The normalized spacial score (nSPS) is 15.6. The van der Waals surface area contributed by atoms with Crippen LogP contribution in [-0.4, -0.2) is 15.5 Å². The molecule has 0 aromatic rings. The lowest BCUT2D eigenvalue weighted by Gasteiger charge is -2.16. The van der Waals surface area contributed by atoms with Crippen molar-refractivity contribution in [2.24, 2.45) is 0 Å². The summed E-state index contributed by atoms with van der Waals surface area (Å²) >= 11 is 0. The van der Waals surface area contributed by atoms with Crippen LogP contribution in [-0.2, 0) is 11.0 Å². The lowest BCUT2D eigenvalue weighted by Crippen LogP contribution is -2.32. The molecule has 0 radical (unpaired) electrons. The molecule has 0 heterocycles. The second-order valence-corrected chi connectivity index (χ2v) is 4.93. The fraction of sp³-hybridized carbons (Fsp3) is 1.00. The molecule has 0 saturated heterocycles. The zero-order chi connectivity index (χ0) is 7.49. The van der Waals surface area contributed by atoms with Crippen molar-refractivity contribution in [1.29, 1.82) is 0 Å². The first kappa shape index (κ1) is 9.11. The van der Waals surface area contributed by atoms with Crippen LogP contribution in [0.5, 0.6) is 0 Å². The van der Waals surface area contributed by atoms with Crippen molar-refractivity contribution in [3.63, 3.8) is 0 Å². The Morgan fingerprint density at radius 3 is 2.00 bits per heavy atom. The predicted molar refractivity (Wildman–Crippen MR) is 41.6 cm³/mol. The van der Waals surface area contributed by atoms with Gasteiger partial charge in [0.25, 0.3) is 0 Å². The third-order valence-corrected chi connectivity index (χ3v) is 2.49. The molecule has 0 fully saturated rings. The maximum atomic E-state index is 11.1. The van der Waals surface area contributed by atoms with Gasteiger partial charge in [-0.2, -0.15) is 0 Å². The molecule has 0 aliphatic heterocycles. The lowest BCUT2D eigenvalue weighted by atomic mass is 10.3. The highest BCUT2D eigenvalue weighted by atomic mass is 32.2. The molecular weight excluding hydrogens is 134 g/mol. The van der Waals surface area contributed by atoms with Crippen molar-refractivity contribution in [1.82, 2.24) is 4.72 Å². The van der Waals surface area contributed by atoms with Crippen LogP contribution in [0.2, 0.25) is 0 Å². The molecule has 2 nitrogen and oxygen atoms in total. The fourth-order valence-electron chi connectivity index (χ4n) is 0.348. The maximum Gasteiger partial charge on any atom is 0.0970 e. The van der Waals surface area contributed by atoms with Gasteiger partial charge in [-0.3, -0.25) is 0 Å². The fourth-order valence-corrected chi connectivity index (χ4v) is 1.04. The SMILES string of the molecule is CCN[S@](=O)C(C)(C)C. The van der Waals surface area contributed by atoms with Gasteiger partial charge in [-0.15, -0.1) is 0 Å². The summed E-state index contributed by atoms with van der Waals surface area (Å²) in [4.78, 5) is 0. The molecule has 0 aliphatic carbocycles. The second-order valence-electron chi connectivity index (χ2n) is 2.88. The predicted octanol–water partition coefficient (Wildman–Crippen LogP) is 1.06. The summed E-state index contributed by atoms with van der Waals surface area (Å²) in [5.41, 5.74) is 0. The molecule has 1 N–H and O–H groups in total. The van der Waals surface area contributed by atoms with E-state index in [4.69, 9.17) is 0 Å². The average Bonchev–Trinajstić information content (AvgIpc) is 1.64. The standard InChI is InChI=1S/C6H15NOS/c1-5-7-9(8)6(2,3)4/h7H,5H2,1-4H3/t9-/m1/s1. The zero-order valence-corrected chi connectivity index (χ0v) is 7.34. The first-order valence-electron chi connectivity index (χ1n) is 3.14. The van der Waals surface area contributed by atoms with Crippen molar-refractivity contribution in [2.75, 3.05) is 6.54 Å². The van der Waals surface area contributed by atoms with Gasteiger partial charge in [0.1, 0.15) is 0 Å². The van der Waals surface area contributed by atoms with Crippen LogP contribution in [0, 0.1) is 0 Å². The van der Waals surface area contributed by atoms with E-state index in [9.17, 15) is 4.21 Å². The van der Waals surface area contributed by atoms with Gasteiger partial charge in [0, 0.05) is 6.54 Å². The van der Waals surface area contributed by atoms with Gasteiger partial charge in [-0.05, 0) is 20.8 Å². The molecule has 56 valence electrons. The van der Waals surface area contributed by atoms with E-state index in [1.54, 1.807) is 0 Å². The van der Waals surface area contributed by atoms with E-state index >= 15 is 0 Å². The number of nitrogens with one attached hydrogen (secondary N) is 1. The van der Waals surface area contributed by atoms with Gasteiger partial charge in [-0.1, -0.05) is 6.92 Å². The van der Waals surface area contributed by atoms with Crippen LogP contribution in [0.15, 0.2) is 0 Å². The Labute approximate surface area is 59.6 Å². The molecule has 0 aliphatic rings. The number of rotatable bonds is 2. The Morgan fingerprint density at radius 1 is 1.44 bits per heavy atom. The van der Waals surface area contributed by atoms with Crippen molar-refractivity contribution < 1.29 is 4.21 Å². The van der Waals surface area contributed by atoms with Crippen molar-refractivity contribution in [2.45, 2.75) is 32.4 Å². The van der Waals surface area contributed by atoms with Crippen LogP contribution >= 0.6 is 0 Å². The van der Waals surface area contributed by atoms with Crippen molar-refractivity contribution in [3.05, 3.63) is 0 Å². The quantitative estimate of drug-likeness (QED) is 0.625. The Bertz CT molecular complexity index is 106. The topological polar surface area (TPSA) is 29.1 Å². The van der Waals surface area contributed by atoms with E-state index in [0.717, 1.165) is 6.54 Å². The van der Waals surface area contributed by atoms with Crippen molar-refractivity contribution >= 4 is 11.0 Å². The Hall–Kier alpha value is 0.110. The molecule has 0 spiro atoms. The molecule has 0 unspecified atom stereocenters. The summed E-state index contributed by atoms with van der Waals surface area (Å²) in [5, 5.41) is 0. The molecule has 0 amide bonds. The molecular formula is C6H15NOS. The van der Waals surface area contributed by atoms with Crippen LogP contribution in [0.3, 0.4) is 0 Å². The first-order chi connectivity index (χ1) is 3.98. The smallest absolute Gasteiger partial charge is 0.0970 e.